The Hall–Kier alpha value is -0.770. The van der Waals surface area contributed by atoms with Crippen molar-refractivity contribution >= 4 is 23.1 Å². The number of thioether (sulfide) groups is 1. The van der Waals surface area contributed by atoms with Gasteiger partial charge >= 0.3 is 0 Å². The maximum absolute atomic E-state index is 3.68. The predicted molar refractivity (Wildman–Crippen MR) is 91.9 cm³/mol. The van der Waals surface area contributed by atoms with E-state index in [1.807, 2.05) is 23.1 Å². The largest absolute Gasteiger partial charge is 0.310 e. The van der Waals surface area contributed by atoms with Gasteiger partial charge in [0.25, 0.3) is 0 Å². The highest BCUT2D eigenvalue weighted by molar-refractivity contribution is 7.99. The van der Waals surface area contributed by atoms with Gasteiger partial charge in [-0.2, -0.15) is 0 Å². The standard InChI is InChI=1S/C17H23NS2/c1-3-11-18-17(13-16-6-5-12-20-16)14-7-9-15(10-8-14)19-4-2/h5-10,12,17-18H,3-4,11,13H2,1-2H3. The van der Waals surface area contributed by atoms with Crippen LogP contribution in [-0.4, -0.2) is 12.3 Å². The van der Waals surface area contributed by atoms with Crippen LogP contribution in [0.1, 0.15) is 36.8 Å². The van der Waals surface area contributed by atoms with Crippen molar-refractivity contribution in [1.29, 1.82) is 0 Å². The number of benzene rings is 1. The van der Waals surface area contributed by atoms with E-state index in [9.17, 15) is 0 Å². The summed E-state index contributed by atoms with van der Waals surface area (Å²) in [5.41, 5.74) is 1.40. The Bertz CT molecular complexity index is 476. The van der Waals surface area contributed by atoms with E-state index in [0.29, 0.717) is 6.04 Å². The van der Waals surface area contributed by atoms with E-state index in [1.54, 1.807) is 0 Å². The van der Waals surface area contributed by atoms with Gasteiger partial charge in [-0.25, -0.2) is 0 Å². The highest BCUT2D eigenvalue weighted by atomic mass is 32.2. The van der Waals surface area contributed by atoms with Gasteiger partial charge in [0.1, 0.15) is 0 Å². The highest BCUT2D eigenvalue weighted by Gasteiger charge is 2.12. The van der Waals surface area contributed by atoms with E-state index in [0.717, 1.165) is 18.7 Å². The third kappa shape index (κ3) is 4.65. The van der Waals surface area contributed by atoms with E-state index in [4.69, 9.17) is 0 Å². The average molecular weight is 306 g/mol. The molecule has 0 aliphatic heterocycles. The molecule has 1 heterocycles. The molecular weight excluding hydrogens is 282 g/mol. The van der Waals surface area contributed by atoms with Crippen molar-refractivity contribution in [3.63, 3.8) is 0 Å². The molecule has 1 unspecified atom stereocenters. The molecule has 0 bridgehead atoms. The van der Waals surface area contributed by atoms with E-state index < -0.39 is 0 Å². The third-order valence-corrected chi connectivity index (χ3v) is 5.01. The quantitative estimate of drug-likeness (QED) is 0.677. The Morgan fingerprint density at radius 2 is 1.95 bits per heavy atom. The second kappa shape index (κ2) is 8.50. The van der Waals surface area contributed by atoms with Crippen LogP contribution in [-0.2, 0) is 6.42 Å². The Morgan fingerprint density at radius 1 is 1.15 bits per heavy atom. The lowest BCUT2D eigenvalue weighted by atomic mass is 10.0. The molecule has 1 nitrogen and oxygen atoms in total. The second-order valence-corrected chi connectivity index (χ2v) is 7.16. The van der Waals surface area contributed by atoms with Crippen molar-refractivity contribution in [3.05, 3.63) is 52.2 Å². The normalized spacial score (nSPS) is 12.5. The summed E-state index contributed by atoms with van der Waals surface area (Å²) in [7, 11) is 0. The lowest BCUT2D eigenvalue weighted by molar-refractivity contribution is 0.532. The Labute approximate surface area is 130 Å². The molecule has 1 aromatic carbocycles. The summed E-state index contributed by atoms with van der Waals surface area (Å²) in [6, 6.07) is 13.8. The van der Waals surface area contributed by atoms with Crippen molar-refractivity contribution < 1.29 is 0 Å². The fraction of sp³-hybridized carbons (Fsp3) is 0.412. The molecule has 2 aromatic rings. The van der Waals surface area contributed by atoms with Crippen LogP contribution in [0.4, 0.5) is 0 Å². The molecule has 1 aromatic heterocycles. The van der Waals surface area contributed by atoms with Crippen LogP contribution in [0.15, 0.2) is 46.7 Å². The Morgan fingerprint density at radius 3 is 2.55 bits per heavy atom. The first-order valence-electron chi connectivity index (χ1n) is 7.32. The van der Waals surface area contributed by atoms with Crippen LogP contribution in [0.2, 0.25) is 0 Å². The molecule has 1 atom stereocenters. The molecule has 0 fully saturated rings. The first kappa shape index (κ1) is 15.6. The molecule has 1 N–H and O–H groups in total. The zero-order valence-corrected chi connectivity index (χ0v) is 13.9. The summed E-state index contributed by atoms with van der Waals surface area (Å²) < 4.78 is 0. The van der Waals surface area contributed by atoms with E-state index in [1.165, 1.54) is 21.8 Å². The van der Waals surface area contributed by atoms with Crippen molar-refractivity contribution in [2.45, 2.75) is 37.6 Å². The summed E-state index contributed by atoms with van der Waals surface area (Å²) >= 11 is 3.75. The monoisotopic (exact) mass is 305 g/mol. The number of rotatable bonds is 8. The summed E-state index contributed by atoms with van der Waals surface area (Å²) in [5.74, 6) is 1.13. The first-order chi connectivity index (χ1) is 9.83. The average Bonchev–Trinajstić information content (AvgIpc) is 2.98. The molecule has 2 rings (SSSR count). The van der Waals surface area contributed by atoms with E-state index in [-0.39, 0.29) is 0 Å². The van der Waals surface area contributed by atoms with Gasteiger partial charge in [-0.05, 0) is 47.9 Å². The topological polar surface area (TPSA) is 12.0 Å². The Balaban J connectivity index is 2.08. The molecule has 0 radical (unpaired) electrons. The number of hydrogen-bond donors (Lipinski definition) is 1. The van der Waals surface area contributed by atoms with Crippen LogP contribution in [0.25, 0.3) is 0 Å². The van der Waals surface area contributed by atoms with Crippen LogP contribution >= 0.6 is 23.1 Å². The molecule has 108 valence electrons. The highest BCUT2D eigenvalue weighted by Crippen LogP contribution is 2.24. The fourth-order valence-corrected chi connectivity index (χ4v) is 3.63. The third-order valence-electron chi connectivity index (χ3n) is 3.22. The minimum atomic E-state index is 0.425. The maximum Gasteiger partial charge on any atom is 0.0368 e. The van der Waals surface area contributed by atoms with Crippen LogP contribution in [0, 0.1) is 0 Å². The lowest BCUT2D eigenvalue weighted by Gasteiger charge is -2.18. The van der Waals surface area contributed by atoms with Crippen molar-refractivity contribution in [3.8, 4) is 0 Å². The number of thiophene rings is 1. The van der Waals surface area contributed by atoms with Gasteiger partial charge in [-0.15, -0.1) is 23.1 Å². The van der Waals surface area contributed by atoms with E-state index >= 15 is 0 Å². The van der Waals surface area contributed by atoms with Gasteiger partial charge in [-0.3, -0.25) is 0 Å². The van der Waals surface area contributed by atoms with Crippen molar-refractivity contribution in [2.75, 3.05) is 12.3 Å². The molecule has 0 saturated carbocycles. The second-order valence-electron chi connectivity index (χ2n) is 4.79. The molecule has 0 amide bonds. The summed E-state index contributed by atoms with van der Waals surface area (Å²) in [4.78, 5) is 2.81. The number of nitrogens with one attached hydrogen (secondary N) is 1. The first-order valence-corrected chi connectivity index (χ1v) is 9.18. The molecular formula is C17H23NS2. The molecule has 0 aliphatic carbocycles. The van der Waals surface area contributed by atoms with Crippen molar-refractivity contribution in [1.82, 2.24) is 5.32 Å². The van der Waals surface area contributed by atoms with Gasteiger partial charge in [0.2, 0.25) is 0 Å². The van der Waals surface area contributed by atoms with Gasteiger partial charge in [0.15, 0.2) is 0 Å². The van der Waals surface area contributed by atoms with Gasteiger partial charge in [0, 0.05) is 22.2 Å². The smallest absolute Gasteiger partial charge is 0.0368 e. The number of hydrogen-bond acceptors (Lipinski definition) is 3. The molecule has 0 spiro atoms. The van der Waals surface area contributed by atoms with Gasteiger partial charge < -0.3 is 5.32 Å². The van der Waals surface area contributed by atoms with E-state index in [2.05, 4.69) is 60.9 Å². The van der Waals surface area contributed by atoms with Crippen LogP contribution < -0.4 is 5.32 Å². The molecule has 20 heavy (non-hydrogen) atoms. The van der Waals surface area contributed by atoms with Crippen LogP contribution in [0.5, 0.6) is 0 Å². The van der Waals surface area contributed by atoms with Gasteiger partial charge in [0.05, 0.1) is 0 Å². The summed E-state index contributed by atoms with van der Waals surface area (Å²) in [5, 5.41) is 5.84. The summed E-state index contributed by atoms with van der Waals surface area (Å²) in [6.07, 6.45) is 2.25. The predicted octanol–water partition coefficient (Wildman–Crippen LogP) is 5.14. The SMILES string of the molecule is CCCNC(Cc1cccs1)c1ccc(SCC)cc1. The maximum atomic E-state index is 3.68. The minimum absolute atomic E-state index is 0.425. The zero-order valence-electron chi connectivity index (χ0n) is 12.3. The Kier molecular flexibility index (Phi) is 6.64. The molecule has 0 aliphatic rings. The fourth-order valence-electron chi connectivity index (χ4n) is 2.22. The zero-order chi connectivity index (χ0) is 14.2. The molecule has 0 saturated heterocycles. The van der Waals surface area contributed by atoms with Gasteiger partial charge in [-0.1, -0.05) is 32.0 Å². The van der Waals surface area contributed by atoms with Crippen LogP contribution in [0.3, 0.4) is 0 Å². The van der Waals surface area contributed by atoms with Crippen molar-refractivity contribution in [2.24, 2.45) is 0 Å². The summed E-state index contributed by atoms with van der Waals surface area (Å²) in [6.45, 7) is 5.48. The molecule has 3 heteroatoms. The lowest BCUT2D eigenvalue weighted by Crippen LogP contribution is -2.23. The minimum Gasteiger partial charge on any atom is -0.310 e.